The zero-order chi connectivity index (χ0) is 15.6. The van der Waals surface area contributed by atoms with Gasteiger partial charge in [0, 0.05) is 10.9 Å². The lowest BCUT2D eigenvalue weighted by molar-refractivity contribution is 0.171. The van der Waals surface area contributed by atoms with Crippen molar-refractivity contribution in [3.63, 3.8) is 0 Å². The average molecular weight is 345 g/mol. The average Bonchev–Trinajstić information content (AvgIpc) is 3.09. The standard InChI is InChI=1S/C17H13ClN2O2S/c18-17-12(2-1-3-13(17)19-16-6-9-23-20-16)11-4-5-14-15(10-11)22-8-7-21-14/h1-6,9-10H,7-8H2,(H,19,20). The minimum atomic E-state index is 0.565. The summed E-state index contributed by atoms with van der Waals surface area (Å²) >= 11 is 7.98. The van der Waals surface area contributed by atoms with Crippen molar-refractivity contribution in [3.8, 4) is 22.6 Å². The number of nitrogens with zero attached hydrogens (tertiary/aromatic N) is 1. The van der Waals surface area contributed by atoms with Crippen molar-refractivity contribution in [2.24, 2.45) is 0 Å². The molecule has 3 aromatic rings. The lowest BCUT2D eigenvalue weighted by Crippen LogP contribution is -2.15. The maximum atomic E-state index is 6.58. The second-order valence-corrected chi connectivity index (χ2v) is 6.08. The van der Waals surface area contributed by atoms with E-state index in [0.717, 1.165) is 34.1 Å². The molecule has 4 nitrogen and oxygen atoms in total. The van der Waals surface area contributed by atoms with Gasteiger partial charge in [-0.05, 0) is 41.4 Å². The Bertz CT molecular complexity index is 837. The number of ether oxygens (including phenoxy) is 2. The molecule has 1 aliphatic rings. The third-order valence-corrected chi connectivity index (χ3v) is 4.52. The summed E-state index contributed by atoms with van der Waals surface area (Å²) in [5, 5.41) is 5.80. The quantitative estimate of drug-likeness (QED) is 0.727. The van der Waals surface area contributed by atoms with Crippen LogP contribution in [0.15, 0.2) is 47.8 Å². The Balaban J connectivity index is 1.71. The third kappa shape index (κ3) is 2.85. The number of hydrogen-bond acceptors (Lipinski definition) is 5. The van der Waals surface area contributed by atoms with Gasteiger partial charge in [-0.3, -0.25) is 0 Å². The Labute approximate surface area is 142 Å². The van der Waals surface area contributed by atoms with Crippen LogP contribution in [0.3, 0.4) is 0 Å². The topological polar surface area (TPSA) is 43.4 Å². The van der Waals surface area contributed by atoms with Crippen LogP contribution in [0, 0.1) is 0 Å². The zero-order valence-corrected chi connectivity index (χ0v) is 13.7. The van der Waals surface area contributed by atoms with Gasteiger partial charge in [0.05, 0.1) is 10.7 Å². The number of anilines is 2. The Kier molecular flexibility index (Phi) is 3.81. The van der Waals surface area contributed by atoms with Gasteiger partial charge in [0.1, 0.15) is 19.0 Å². The molecule has 116 valence electrons. The van der Waals surface area contributed by atoms with E-state index in [1.54, 1.807) is 0 Å². The number of fused-ring (bicyclic) bond motifs is 1. The summed E-state index contributed by atoms with van der Waals surface area (Å²) in [5.41, 5.74) is 2.75. The van der Waals surface area contributed by atoms with Crippen molar-refractivity contribution in [2.45, 2.75) is 0 Å². The molecule has 1 aliphatic heterocycles. The molecule has 0 aliphatic carbocycles. The molecule has 1 N–H and O–H groups in total. The summed E-state index contributed by atoms with van der Waals surface area (Å²) < 4.78 is 15.5. The molecule has 4 rings (SSSR count). The van der Waals surface area contributed by atoms with Gasteiger partial charge in [-0.1, -0.05) is 29.8 Å². The van der Waals surface area contributed by atoms with Gasteiger partial charge in [-0.15, -0.1) is 0 Å². The van der Waals surface area contributed by atoms with Crippen molar-refractivity contribution >= 4 is 34.6 Å². The van der Waals surface area contributed by atoms with Crippen LogP contribution in [0.4, 0.5) is 11.5 Å². The number of rotatable bonds is 3. The highest BCUT2D eigenvalue weighted by atomic mass is 35.5. The van der Waals surface area contributed by atoms with Gasteiger partial charge in [0.15, 0.2) is 11.5 Å². The highest BCUT2D eigenvalue weighted by Crippen LogP contribution is 2.39. The van der Waals surface area contributed by atoms with Crippen molar-refractivity contribution in [1.82, 2.24) is 4.37 Å². The predicted molar refractivity (Wildman–Crippen MR) is 93.3 cm³/mol. The van der Waals surface area contributed by atoms with E-state index in [4.69, 9.17) is 21.1 Å². The first-order valence-corrected chi connectivity index (χ1v) is 8.39. The fourth-order valence-electron chi connectivity index (χ4n) is 2.48. The molecule has 0 unspecified atom stereocenters. The molecule has 0 saturated carbocycles. The van der Waals surface area contributed by atoms with Gasteiger partial charge >= 0.3 is 0 Å². The van der Waals surface area contributed by atoms with Gasteiger partial charge in [-0.2, -0.15) is 4.37 Å². The van der Waals surface area contributed by atoms with E-state index in [1.165, 1.54) is 11.5 Å². The SMILES string of the molecule is Clc1c(Nc2ccsn2)cccc1-c1ccc2c(c1)OCCO2. The van der Waals surface area contributed by atoms with E-state index in [-0.39, 0.29) is 0 Å². The summed E-state index contributed by atoms with van der Waals surface area (Å²) in [6.07, 6.45) is 0. The Morgan fingerprint density at radius 1 is 1.04 bits per heavy atom. The third-order valence-electron chi connectivity index (χ3n) is 3.55. The Morgan fingerprint density at radius 3 is 2.74 bits per heavy atom. The molecule has 0 atom stereocenters. The molecule has 0 radical (unpaired) electrons. The maximum absolute atomic E-state index is 6.58. The van der Waals surface area contributed by atoms with Crippen molar-refractivity contribution < 1.29 is 9.47 Å². The lowest BCUT2D eigenvalue weighted by Gasteiger charge is -2.19. The largest absolute Gasteiger partial charge is 0.486 e. The number of benzene rings is 2. The molecule has 2 heterocycles. The Morgan fingerprint density at radius 2 is 1.91 bits per heavy atom. The smallest absolute Gasteiger partial charge is 0.161 e. The molecule has 0 saturated heterocycles. The van der Waals surface area contributed by atoms with Crippen molar-refractivity contribution in [1.29, 1.82) is 0 Å². The van der Waals surface area contributed by atoms with Crippen LogP contribution in [0.5, 0.6) is 11.5 Å². The molecular weight excluding hydrogens is 332 g/mol. The zero-order valence-electron chi connectivity index (χ0n) is 12.1. The summed E-state index contributed by atoms with van der Waals surface area (Å²) in [7, 11) is 0. The first-order chi connectivity index (χ1) is 11.3. The minimum absolute atomic E-state index is 0.565. The first-order valence-electron chi connectivity index (χ1n) is 7.17. The van der Waals surface area contributed by atoms with Crippen LogP contribution in [0.25, 0.3) is 11.1 Å². The van der Waals surface area contributed by atoms with Gasteiger partial charge < -0.3 is 14.8 Å². The van der Waals surface area contributed by atoms with Crippen molar-refractivity contribution in [3.05, 3.63) is 52.9 Å². The molecule has 0 spiro atoms. The molecule has 23 heavy (non-hydrogen) atoms. The maximum Gasteiger partial charge on any atom is 0.161 e. The summed E-state index contributed by atoms with van der Waals surface area (Å²) in [4.78, 5) is 0. The van der Waals surface area contributed by atoms with Crippen LogP contribution in [-0.2, 0) is 0 Å². The van der Waals surface area contributed by atoms with Crippen LogP contribution in [0.1, 0.15) is 0 Å². The molecular formula is C17H13ClN2O2S. The highest BCUT2D eigenvalue weighted by Gasteiger charge is 2.15. The summed E-state index contributed by atoms with van der Waals surface area (Å²) in [5.74, 6) is 2.31. The number of aromatic nitrogens is 1. The lowest BCUT2D eigenvalue weighted by atomic mass is 10.0. The fourth-order valence-corrected chi connectivity index (χ4v) is 3.23. The van der Waals surface area contributed by atoms with Crippen LogP contribution in [-0.4, -0.2) is 17.6 Å². The predicted octanol–water partition coefficient (Wildman–Crippen LogP) is 4.98. The monoisotopic (exact) mass is 344 g/mol. The fraction of sp³-hybridized carbons (Fsp3) is 0.118. The number of halogens is 1. The van der Waals surface area contributed by atoms with E-state index in [9.17, 15) is 0 Å². The molecule has 0 bridgehead atoms. The van der Waals surface area contributed by atoms with E-state index in [2.05, 4.69) is 9.69 Å². The highest BCUT2D eigenvalue weighted by molar-refractivity contribution is 7.03. The molecule has 2 aromatic carbocycles. The first kappa shape index (κ1) is 14.4. The normalized spacial score (nSPS) is 12.9. The number of nitrogens with one attached hydrogen (secondary N) is 1. The van der Waals surface area contributed by atoms with E-state index in [0.29, 0.717) is 18.2 Å². The van der Waals surface area contributed by atoms with Crippen LogP contribution >= 0.6 is 23.1 Å². The minimum Gasteiger partial charge on any atom is -0.486 e. The van der Waals surface area contributed by atoms with E-state index >= 15 is 0 Å². The molecule has 0 fully saturated rings. The second-order valence-electron chi connectivity index (χ2n) is 5.04. The molecule has 1 aromatic heterocycles. The van der Waals surface area contributed by atoms with Gasteiger partial charge in [0.25, 0.3) is 0 Å². The van der Waals surface area contributed by atoms with Crippen LogP contribution in [0.2, 0.25) is 5.02 Å². The Hall–Kier alpha value is -2.24. The van der Waals surface area contributed by atoms with Crippen molar-refractivity contribution in [2.75, 3.05) is 18.5 Å². The molecule has 0 amide bonds. The molecule has 6 heteroatoms. The van der Waals surface area contributed by atoms with Gasteiger partial charge in [-0.25, -0.2) is 0 Å². The van der Waals surface area contributed by atoms with Gasteiger partial charge in [0.2, 0.25) is 0 Å². The van der Waals surface area contributed by atoms with E-state index < -0.39 is 0 Å². The second kappa shape index (κ2) is 6.10. The van der Waals surface area contributed by atoms with Crippen LogP contribution < -0.4 is 14.8 Å². The summed E-state index contributed by atoms with van der Waals surface area (Å²) in [6, 6.07) is 13.7. The summed E-state index contributed by atoms with van der Waals surface area (Å²) in [6.45, 7) is 1.15. The van der Waals surface area contributed by atoms with E-state index in [1.807, 2.05) is 47.8 Å². The number of hydrogen-bond donors (Lipinski definition) is 1.